The number of methoxy groups -OCH3 is 1. The minimum absolute atomic E-state index is 0.0334. The molecule has 0 bridgehead atoms. The molecule has 6 nitrogen and oxygen atoms in total. The van der Waals surface area contributed by atoms with Gasteiger partial charge in [-0.2, -0.15) is 0 Å². The van der Waals surface area contributed by atoms with Crippen molar-refractivity contribution in [1.82, 2.24) is 15.3 Å². The number of halogens is 1. The molecule has 0 radical (unpaired) electrons. The molecule has 0 saturated carbocycles. The number of nitrogens with zero attached hydrogens (tertiary/aromatic N) is 1. The van der Waals surface area contributed by atoms with Crippen LogP contribution < -0.4 is 5.32 Å². The van der Waals surface area contributed by atoms with Gasteiger partial charge in [-0.1, -0.05) is 32.0 Å². The van der Waals surface area contributed by atoms with Gasteiger partial charge in [-0.3, -0.25) is 0 Å². The number of para-hydroxylation sites is 2. The average Bonchev–Trinajstić information content (AvgIpc) is 3.26. The first kappa shape index (κ1) is 26.3. The van der Waals surface area contributed by atoms with Crippen LogP contribution in [0.5, 0.6) is 0 Å². The van der Waals surface area contributed by atoms with Crippen LogP contribution in [0.3, 0.4) is 0 Å². The number of benzene rings is 2. The number of carbonyl (C=O) groups is 1. The lowest BCUT2D eigenvalue weighted by Crippen LogP contribution is -2.51. The predicted octanol–water partition coefficient (Wildman–Crippen LogP) is 5.32. The standard InChI is InChI=1S/C29H38FN3O3/c1-19(2)28-23-13-12-21(30)16-20(23)14-15-29(28,36-27(34)18-35-4)17-22(31-3)8-7-11-26-32-24-9-5-6-10-25(24)33-26/h5-6,9-10,12-13,16,19,22,28,31H,7-8,11,14-15,17-18H2,1-4H3,(H,32,33)/t22?,28-,29+/m1/s1. The minimum atomic E-state index is -0.693. The van der Waals surface area contributed by atoms with Crippen molar-refractivity contribution in [2.75, 3.05) is 20.8 Å². The Morgan fingerprint density at radius 1 is 1.28 bits per heavy atom. The number of aromatic nitrogens is 2. The van der Waals surface area contributed by atoms with Crippen molar-refractivity contribution < 1.29 is 18.7 Å². The van der Waals surface area contributed by atoms with Gasteiger partial charge >= 0.3 is 5.97 Å². The van der Waals surface area contributed by atoms with E-state index in [0.29, 0.717) is 19.3 Å². The van der Waals surface area contributed by atoms with E-state index >= 15 is 0 Å². The molecule has 0 fully saturated rings. The van der Waals surface area contributed by atoms with Gasteiger partial charge in [0.15, 0.2) is 0 Å². The molecule has 194 valence electrons. The first-order chi connectivity index (χ1) is 17.3. The zero-order valence-electron chi connectivity index (χ0n) is 21.8. The van der Waals surface area contributed by atoms with Gasteiger partial charge in [0.25, 0.3) is 0 Å². The van der Waals surface area contributed by atoms with E-state index in [4.69, 9.17) is 14.5 Å². The Morgan fingerprint density at radius 2 is 2.08 bits per heavy atom. The summed E-state index contributed by atoms with van der Waals surface area (Å²) in [5.41, 5.74) is 3.44. The first-order valence-corrected chi connectivity index (χ1v) is 12.9. The zero-order chi connectivity index (χ0) is 25.7. The summed E-state index contributed by atoms with van der Waals surface area (Å²) < 4.78 is 25.4. The molecule has 0 aliphatic heterocycles. The van der Waals surface area contributed by atoms with Crippen LogP contribution in [0.25, 0.3) is 11.0 Å². The number of aromatic amines is 1. The Morgan fingerprint density at radius 3 is 2.81 bits per heavy atom. The molecule has 3 atom stereocenters. The Kier molecular flexibility index (Phi) is 8.42. The van der Waals surface area contributed by atoms with Crippen LogP contribution >= 0.6 is 0 Å². The van der Waals surface area contributed by atoms with Crippen LogP contribution in [0.4, 0.5) is 4.39 Å². The Bertz CT molecular complexity index is 1140. The second-order valence-electron chi connectivity index (χ2n) is 10.3. The van der Waals surface area contributed by atoms with Crippen molar-refractivity contribution in [3.8, 4) is 0 Å². The van der Waals surface area contributed by atoms with E-state index in [0.717, 1.165) is 47.2 Å². The zero-order valence-corrected chi connectivity index (χ0v) is 21.8. The molecule has 3 aromatic rings. The summed E-state index contributed by atoms with van der Waals surface area (Å²) in [4.78, 5) is 20.9. The maximum Gasteiger partial charge on any atom is 0.332 e. The van der Waals surface area contributed by atoms with E-state index < -0.39 is 5.60 Å². The molecule has 1 unspecified atom stereocenters. The van der Waals surface area contributed by atoms with Crippen molar-refractivity contribution in [1.29, 1.82) is 0 Å². The third-order valence-corrected chi connectivity index (χ3v) is 7.48. The molecule has 0 amide bonds. The average molecular weight is 496 g/mol. The molecular weight excluding hydrogens is 457 g/mol. The lowest BCUT2D eigenvalue weighted by Gasteiger charge is -2.48. The molecule has 1 aliphatic rings. The van der Waals surface area contributed by atoms with Gasteiger partial charge in [-0.05, 0) is 74.0 Å². The SMILES string of the molecule is CNC(CCCc1nc2ccccc2[nH]1)C[C@@]1(OC(=O)COC)CCc2cc(F)ccc2[C@H]1C(C)C. The summed E-state index contributed by atoms with van der Waals surface area (Å²) in [7, 11) is 3.47. The van der Waals surface area contributed by atoms with Crippen LogP contribution in [0, 0.1) is 11.7 Å². The summed E-state index contributed by atoms with van der Waals surface area (Å²) in [5, 5.41) is 3.47. The van der Waals surface area contributed by atoms with E-state index in [1.807, 2.05) is 37.4 Å². The van der Waals surface area contributed by atoms with Gasteiger partial charge in [0, 0.05) is 31.9 Å². The number of H-pyrrole nitrogens is 1. The Hall–Kier alpha value is -2.77. The number of hydrogen-bond donors (Lipinski definition) is 2. The van der Waals surface area contributed by atoms with Crippen LogP contribution in [-0.4, -0.2) is 48.3 Å². The molecule has 0 saturated heterocycles. The Labute approximate surface area is 213 Å². The molecule has 7 heteroatoms. The summed E-state index contributed by atoms with van der Waals surface area (Å²) >= 11 is 0. The van der Waals surface area contributed by atoms with Crippen LogP contribution in [-0.2, 0) is 27.1 Å². The quantitative estimate of drug-likeness (QED) is 0.352. The molecule has 1 heterocycles. The molecule has 4 rings (SSSR count). The highest BCUT2D eigenvalue weighted by atomic mass is 19.1. The lowest BCUT2D eigenvalue weighted by atomic mass is 9.64. The predicted molar refractivity (Wildman–Crippen MR) is 139 cm³/mol. The van der Waals surface area contributed by atoms with Crippen LogP contribution in [0.1, 0.15) is 62.4 Å². The van der Waals surface area contributed by atoms with Gasteiger partial charge in [-0.25, -0.2) is 14.2 Å². The summed E-state index contributed by atoms with van der Waals surface area (Å²) in [5.74, 6) is 0.581. The number of esters is 1. The van der Waals surface area contributed by atoms with E-state index in [-0.39, 0.29) is 36.3 Å². The topological polar surface area (TPSA) is 76.2 Å². The minimum Gasteiger partial charge on any atom is -0.457 e. The van der Waals surface area contributed by atoms with Crippen LogP contribution in [0.15, 0.2) is 42.5 Å². The highest BCUT2D eigenvalue weighted by Gasteiger charge is 2.48. The van der Waals surface area contributed by atoms with E-state index in [2.05, 4.69) is 24.1 Å². The maximum atomic E-state index is 14.0. The normalized spacial score (nSPS) is 20.4. The number of hydrogen-bond acceptors (Lipinski definition) is 5. The van der Waals surface area contributed by atoms with Gasteiger partial charge < -0.3 is 19.8 Å². The largest absolute Gasteiger partial charge is 0.457 e. The van der Waals surface area contributed by atoms with Crippen molar-refractivity contribution in [2.45, 2.75) is 69.9 Å². The first-order valence-electron chi connectivity index (χ1n) is 12.9. The highest BCUT2D eigenvalue weighted by molar-refractivity contribution is 5.74. The monoisotopic (exact) mass is 495 g/mol. The molecule has 0 spiro atoms. The fraction of sp³-hybridized carbons (Fsp3) is 0.517. The van der Waals surface area contributed by atoms with Crippen molar-refractivity contribution in [3.05, 3.63) is 65.2 Å². The van der Waals surface area contributed by atoms with Gasteiger partial charge in [-0.15, -0.1) is 0 Å². The molecule has 2 aromatic carbocycles. The van der Waals surface area contributed by atoms with Crippen LogP contribution in [0.2, 0.25) is 0 Å². The third kappa shape index (κ3) is 5.79. The molecular formula is C29H38FN3O3. The van der Waals surface area contributed by atoms with E-state index in [9.17, 15) is 9.18 Å². The smallest absolute Gasteiger partial charge is 0.332 e. The molecule has 36 heavy (non-hydrogen) atoms. The van der Waals surface area contributed by atoms with Gasteiger partial charge in [0.2, 0.25) is 0 Å². The summed E-state index contributed by atoms with van der Waals surface area (Å²) in [6, 6.07) is 13.2. The van der Waals surface area contributed by atoms with Crippen molar-refractivity contribution >= 4 is 17.0 Å². The molecule has 2 N–H and O–H groups in total. The summed E-state index contributed by atoms with van der Waals surface area (Å²) in [6.07, 6.45) is 4.72. The Balaban J connectivity index is 1.54. The number of carbonyl (C=O) groups excluding carboxylic acids is 1. The second-order valence-corrected chi connectivity index (χ2v) is 10.3. The van der Waals surface area contributed by atoms with Crippen molar-refractivity contribution in [3.63, 3.8) is 0 Å². The number of nitrogens with one attached hydrogen (secondary N) is 2. The summed E-state index contributed by atoms with van der Waals surface area (Å²) in [6.45, 7) is 4.22. The number of rotatable bonds is 11. The maximum absolute atomic E-state index is 14.0. The van der Waals surface area contributed by atoms with Gasteiger partial charge in [0.05, 0.1) is 11.0 Å². The third-order valence-electron chi connectivity index (χ3n) is 7.48. The van der Waals surface area contributed by atoms with E-state index in [1.165, 1.54) is 13.2 Å². The second kappa shape index (κ2) is 11.5. The molecule has 1 aromatic heterocycles. The van der Waals surface area contributed by atoms with Crippen molar-refractivity contribution in [2.24, 2.45) is 5.92 Å². The van der Waals surface area contributed by atoms with E-state index in [1.54, 1.807) is 6.07 Å². The number of aryl methyl sites for hydroxylation is 2. The highest BCUT2D eigenvalue weighted by Crippen LogP contribution is 2.49. The number of fused-ring (bicyclic) bond motifs is 2. The number of ether oxygens (including phenoxy) is 2. The molecule has 1 aliphatic carbocycles. The lowest BCUT2D eigenvalue weighted by molar-refractivity contribution is -0.172. The fourth-order valence-electron chi connectivity index (χ4n) is 6.01. The fourth-order valence-corrected chi connectivity index (χ4v) is 6.01. The van der Waals surface area contributed by atoms with Gasteiger partial charge in [0.1, 0.15) is 23.8 Å². The number of imidazole rings is 1.